The molecular weight excluding hydrogens is 204 g/mol. The van der Waals surface area contributed by atoms with Crippen LogP contribution in [0.25, 0.3) is 0 Å². The van der Waals surface area contributed by atoms with E-state index in [2.05, 4.69) is 10.3 Å². The molecule has 0 aromatic carbocycles. The first-order valence-electron chi connectivity index (χ1n) is 5.35. The molecule has 0 aliphatic rings. The van der Waals surface area contributed by atoms with Gasteiger partial charge in [0.05, 0.1) is 5.41 Å². The number of nitrogens with zero attached hydrogens (tertiary/aromatic N) is 1. The second-order valence-electron chi connectivity index (χ2n) is 4.48. The highest BCUT2D eigenvalue weighted by atomic mass is 16.4. The van der Waals surface area contributed by atoms with Crippen molar-refractivity contribution in [3.05, 3.63) is 30.1 Å². The van der Waals surface area contributed by atoms with Crippen LogP contribution in [0, 0.1) is 5.41 Å². The molecule has 0 unspecified atom stereocenters. The Morgan fingerprint density at radius 3 is 2.88 bits per heavy atom. The van der Waals surface area contributed by atoms with Crippen molar-refractivity contribution in [1.29, 1.82) is 0 Å². The molecule has 0 aliphatic carbocycles. The minimum Gasteiger partial charge on any atom is -0.481 e. The first-order chi connectivity index (χ1) is 7.52. The molecule has 0 aliphatic heterocycles. The highest BCUT2D eigenvalue weighted by molar-refractivity contribution is 5.73. The van der Waals surface area contributed by atoms with Gasteiger partial charge in [-0.2, -0.15) is 0 Å². The maximum Gasteiger partial charge on any atom is 0.309 e. The summed E-state index contributed by atoms with van der Waals surface area (Å²) in [7, 11) is 0. The number of hydrogen-bond donors (Lipinski definition) is 2. The van der Waals surface area contributed by atoms with E-state index in [-0.39, 0.29) is 0 Å². The van der Waals surface area contributed by atoms with Gasteiger partial charge in [0.25, 0.3) is 0 Å². The van der Waals surface area contributed by atoms with E-state index in [1.807, 2.05) is 12.1 Å². The Bertz CT molecular complexity index is 336. The number of hydrogen-bond acceptors (Lipinski definition) is 3. The number of aliphatic carboxylic acids is 1. The third-order valence-corrected chi connectivity index (χ3v) is 2.56. The summed E-state index contributed by atoms with van der Waals surface area (Å²) in [6.07, 6.45) is 4.15. The zero-order valence-corrected chi connectivity index (χ0v) is 9.73. The Morgan fingerprint density at radius 2 is 2.31 bits per heavy atom. The monoisotopic (exact) mass is 222 g/mol. The van der Waals surface area contributed by atoms with Gasteiger partial charge in [-0.15, -0.1) is 0 Å². The van der Waals surface area contributed by atoms with E-state index in [9.17, 15) is 4.79 Å². The van der Waals surface area contributed by atoms with Crippen LogP contribution in [0.5, 0.6) is 0 Å². The molecule has 1 heterocycles. The molecule has 1 aromatic heterocycles. The lowest BCUT2D eigenvalue weighted by molar-refractivity contribution is -0.147. The van der Waals surface area contributed by atoms with Crippen molar-refractivity contribution >= 4 is 5.97 Å². The number of carboxylic acids is 1. The summed E-state index contributed by atoms with van der Waals surface area (Å²) in [4.78, 5) is 14.9. The summed E-state index contributed by atoms with van der Waals surface area (Å²) >= 11 is 0. The van der Waals surface area contributed by atoms with Crippen LogP contribution in [0.4, 0.5) is 0 Å². The summed E-state index contributed by atoms with van der Waals surface area (Å²) in [5.41, 5.74) is 0.442. The van der Waals surface area contributed by atoms with Crippen molar-refractivity contribution in [3.8, 4) is 0 Å². The highest BCUT2D eigenvalue weighted by Gasteiger charge is 2.25. The van der Waals surface area contributed by atoms with E-state index < -0.39 is 11.4 Å². The predicted octanol–water partition coefficient (Wildman–Crippen LogP) is 1.67. The van der Waals surface area contributed by atoms with Crippen molar-refractivity contribution in [3.63, 3.8) is 0 Å². The molecule has 16 heavy (non-hydrogen) atoms. The molecule has 0 bridgehead atoms. The standard InChI is InChI=1S/C12H18N2O2/c1-12(2,11(15)16)5-7-14-9-10-4-3-6-13-8-10/h3-4,6,8,14H,5,7,9H2,1-2H3,(H,15,16). The van der Waals surface area contributed by atoms with Crippen molar-refractivity contribution < 1.29 is 9.90 Å². The third-order valence-electron chi connectivity index (χ3n) is 2.56. The molecule has 0 atom stereocenters. The topological polar surface area (TPSA) is 62.2 Å². The van der Waals surface area contributed by atoms with Crippen LogP contribution in [-0.2, 0) is 11.3 Å². The van der Waals surface area contributed by atoms with Crippen LogP contribution in [0.1, 0.15) is 25.8 Å². The average Bonchev–Trinajstić information content (AvgIpc) is 2.26. The minimum absolute atomic E-state index is 0.614. The first kappa shape index (κ1) is 12.6. The van der Waals surface area contributed by atoms with E-state index in [1.165, 1.54) is 0 Å². The molecule has 4 heteroatoms. The van der Waals surface area contributed by atoms with E-state index in [4.69, 9.17) is 5.11 Å². The van der Waals surface area contributed by atoms with Gasteiger partial charge in [-0.05, 0) is 38.4 Å². The lowest BCUT2D eigenvalue weighted by Crippen LogP contribution is -2.28. The van der Waals surface area contributed by atoms with Crippen LogP contribution < -0.4 is 5.32 Å². The quantitative estimate of drug-likeness (QED) is 0.719. The van der Waals surface area contributed by atoms with Crippen molar-refractivity contribution in [1.82, 2.24) is 10.3 Å². The summed E-state index contributed by atoms with van der Waals surface area (Å²) in [6.45, 7) is 4.89. The molecule has 0 radical (unpaired) electrons. The second kappa shape index (κ2) is 5.61. The highest BCUT2D eigenvalue weighted by Crippen LogP contribution is 2.19. The molecule has 0 saturated carbocycles. The van der Waals surface area contributed by atoms with Gasteiger partial charge in [0.1, 0.15) is 0 Å². The van der Waals surface area contributed by atoms with Gasteiger partial charge >= 0.3 is 5.97 Å². The summed E-state index contributed by atoms with van der Waals surface area (Å²) in [5.74, 6) is -0.754. The largest absolute Gasteiger partial charge is 0.481 e. The van der Waals surface area contributed by atoms with Crippen LogP contribution in [-0.4, -0.2) is 22.6 Å². The van der Waals surface area contributed by atoms with Gasteiger partial charge in [-0.25, -0.2) is 0 Å². The number of carboxylic acid groups (broad SMARTS) is 1. The number of pyridine rings is 1. The molecule has 1 aromatic rings. The number of carbonyl (C=O) groups is 1. The Morgan fingerprint density at radius 1 is 1.56 bits per heavy atom. The van der Waals surface area contributed by atoms with Gasteiger partial charge in [-0.1, -0.05) is 6.07 Å². The Balaban J connectivity index is 2.25. The molecule has 0 saturated heterocycles. The number of rotatable bonds is 6. The molecular formula is C12H18N2O2. The van der Waals surface area contributed by atoms with Crippen molar-refractivity contribution in [2.75, 3.05) is 6.54 Å². The Hall–Kier alpha value is -1.42. The zero-order chi connectivity index (χ0) is 12.0. The van der Waals surface area contributed by atoms with E-state index in [1.54, 1.807) is 26.2 Å². The first-order valence-corrected chi connectivity index (χ1v) is 5.35. The van der Waals surface area contributed by atoms with E-state index in [0.29, 0.717) is 13.0 Å². The third kappa shape index (κ3) is 3.98. The average molecular weight is 222 g/mol. The van der Waals surface area contributed by atoms with Gasteiger partial charge in [0.15, 0.2) is 0 Å². The summed E-state index contributed by atoms with van der Waals surface area (Å²) in [6, 6.07) is 3.88. The minimum atomic E-state index is -0.754. The number of aromatic nitrogens is 1. The van der Waals surface area contributed by atoms with Gasteiger partial charge < -0.3 is 10.4 Å². The van der Waals surface area contributed by atoms with Crippen LogP contribution in [0.3, 0.4) is 0 Å². The molecule has 88 valence electrons. The Labute approximate surface area is 95.7 Å². The maximum atomic E-state index is 10.8. The second-order valence-corrected chi connectivity index (χ2v) is 4.48. The lowest BCUT2D eigenvalue weighted by atomic mass is 9.90. The van der Waals surface area contributed by atoms with E-state index in [0.717, 1.165) is 12.1 Å². The van der Waals surface area contributed by atoms with Gasteiger partial charge in [0.2, 0.25) is 0 Å². The van der Waals surface area contributed by atoms with E-state index >= 15 is 0 Å². The van der Waals surface area contributed by atoms with Crippen LogP contribution >= 0.6 is 0 Å². The zero-order valence-electron chi connectivity index (χ0n) is 9.73. The van der Waals surface area contributed by atoms with Crippen molar-refractivity contribution in [2.45, 2.75) is 26.8 Å². The maximum absolute atomic E-state index is 10.8. The predicted molar refractivity (Wildman–Crippen MR) is 62.0 cm³/mol. The molecule has 2 N–H and O–H groups in total. The van der Waals surface area contributed by atoms with Crippen LogP contribution in [0.15, 0.2) is 24.5 Å². The molecule has 4 nitrogen and oxygen atoms in total. The smallest absolute Gasteiger partial charge is 0.309 e. The van der Waals surface area contributed by atoms with Gasteiger partial charge in [0, 0.05) is 18.9 Å². The molecule has 0 fully saturated rings. The fourth-order valence-corrected chi connectivity index (χ4v) is 1.24. The van der Waals surface area contributed by atoms with Gasteiger partial charge in [-0.3, -0.25) is 9.78 Å². The normalized spacial score (nSPS) is 11.4. The fraction of sp³-hybridized carbons (Fsp3) is 0.500. The SMILES string of the molecule is CC(C)(CCNCc1cccnc1)C(=O)O. The lowest BCUT2D eigenvalue weighted by Gasteiger charge is -2.18. The fourth-order valence-electron chi connectivity index (χ4n) is 1.24. The summed E-state index contributed by atoms with van der Waals surface area (Å²) < 4.78 is 0. The molecule has 1 rings (SSSR count). The van der Waals surface area contributed by atoms with Crippen LogP contribution in [0.2, 0.25) is 0 Å². The Kier molecular flexibility index (Phi) is 4.43. The summed E-state index contributed by atoms with van der Waals surface area (Å²) in [5, 5.41) is 12.1. The molecule has 0 spiro atoms. The van der Waals surface area contributed by atoms with Crippen molar-refractivity contribution in [2.24, 2.45) is 5.41 Å². The number of nitrogens with one attached hydrogen (secondary N) is 1. The molecule has 0 amide bonds.